The number of allylic oxidation sites excluding steroid dienone is 2. The highest BCUT2D eigenvalue weighted by atomic mass is 32.1. The number of thiazole rings is 1. The molecule has 6 nitrogen and oxygen atoms in total. The molecule has 47 heavy (non-hydrogen) atoms. The molecule has 0 aliphatic heterocycles. The summed E-state index contributed by atoms with van der Waals surface area (Å²) < 4.78 is 11.2. The predicted molar refractivity (Wildman–Crippen MR) is 190 cm³/mol. The Morgan fingerprint density at radius 1 is 0.915 bits per heavy atom. The fraction of sp³-hybridized carbons (Fsp3) is 0.325. The minimum atomic E-state index is -0.329. The van der Waals surface area contributed by atoms with E-state index in [1.54, 1.807) is 25.2 Å². The Hall–Kier alpha value is -4.49. The third-order valence-electron chi connectivity index (χ3n) is 8.31. The first-order chi connectivity index (χ1) is 22.9. The number of nitrogens with zero attached hydrogens (tertiary/aromatic N) is 1. The molecule has 7 heteroatoms. The molecule has 1 aliphatic carbocycles. The zero-order valence-corrected chi connectivity index (χ0v) is 28.4. The highest BCUT2D eigenvalue weighted by molar-refractivity contribution is 7.15. The molecule has 0 unspecified atom stereocenters. The quantitative estimate of drug-likeness (QED) is 0.0888. The van der Waals surface area contributed by atoms with Crippen LogP contribution in [-0.4, -0.2) is 23.5 Å². The van der Waals surface area contributed by atoms with Crippen molar-refractivity contribution in [1.29, 1.82) is 0 Å². The van der Waals surface area contributed by atoms with Gasteiger partial charge in [-0.15, -0.1) is 11.3 Å². The van der Waals surface area contributed by atoms with Gasteiger partial charge >= 0.3 is 5.97 Å². The molecular formula is C40H44N2O4S. The Balaban J connectivity index is 1.44. The Morgan fingerprint density at radius 3 is 2.28 bits per heavy atom. The van der Waals surface area contributed by atoms with Crippen molar-refractivity contribution in [3.63, 3.8) is 0 Å². The number of aromatic nitrogens is 1. The van der Waals surface area contributed by atoms with Gasteiger partial charge in [0.25, 0.3) is 0 Å². The van der Waals surface area contributed by atoms with Crippen LogP contribution in [0, 0.1) is 5.92 Å². The average molecular weight is 649 g/mol. The zero-order chi connectivity index (χ0) is 33.0. The molecule has 1 aromatic heterocycles. The van der Waals surface area contributed by atoms with Crippen LogP contribution < -0.4 is 10.1 Å². The van der Waals surface area contributed by atoms with Gasteiger partial charge in [0.15, 0.2) is 0 Å². The molecule has 1 heterocycles. The molecule has 244 valence electrons. The first-order valence-corrected chi connectivity index (χ1v) is 17.4. The summed E-state index contributed by atoms with van der Waals surface area (Å²) in [6, 6.07) is 28.1. The molecule has 1 atom stereocenters. The minimum Gasteiger partial charge on any atom is -0.489 e. The maximum absolute atomic E-state index is 13.6. The lowest BCUT2D eigenvalue weighted by Gasteiger charge is -2.24. The molecule has 0 radical (unpaired) electrons. The number of benzene rings is 3. The summed E-state index contributed by atoms with van der Waals surface area (Å²) in [6.07, 6.45) is 9.67. The zero-order valence-electron chi connectivity index (χ0n) is 27.5. The van der Waals surface area contributed by atoms with Gasteiger partial charge in [-0.25, -0.2) is 9.78 Å². The molecule has 1 fully saturated rings. The molecule has 5 rings (SSSR count). The lowest BCUT2D eigenvalue weighted by atomic mass is 9.88. The number of esters is 1. The molecule has 4 aromatic rings. The van der Waals surface area contributed by atoms with E-state index in [4.69, 9.17) is 14.5 Å². The second-order valence-electron chi connectivity index (χ2n) is 12.1. The Labute approximate surface area is 282 Å². The van der Waals surface area contributed by atoms with Gasteiger partial charge < -0.3 is 14.8 Å². The lowest BCUT2D eigenvalue weighted by Crippen LogP contribution is -2.35. The second-order valence-corrected chi connectivity index (χ2v) is 13.1. The van der Waals surface area contributed by atoms with Gasteiger partial charge in [-0.05, 0) is 86.6 Å². The normalized spacial score (nSPS) is 14.8. The van der Waals surface area contributed by atoms with Crippen LogP contribution in [0.1, 0.15) is 80.7 Å². The van der Waals surface area contributed by atoms with Gasteiger partial charge in [0.2, 0.25) is 5.91 Å². The smallest absolute Gasteiger partial charge is 0.333 e. The first-order valence-electron chi connectivity index (χ1n) is 16.6. The van der Waals surface area contributed by atoms with Crippen molar-refractivity contribution in [3.05, 3.63) is 124 Å². The van der Waals surface area contributed by atoms with Crippen LogP contribution >= 0.6 is 11.3 Å². The minimum absolute atomic E-state index is 0.0335. The van der Waals surface area contributed by atoms with Crippen molar-refractivity contribution >= 4 is 29.3 Å². The number of carbonyl (C=O) groups is 2. The van der Waals surface area contributed by atoms with Crippen molar-refractivity contribution in [2.75, 3.05) is 6.61 Å². The Kier molecular flexibility index (Phi) is 12.2. The van der Waals surface area contributed by atoms with Gasteiger partial charge in [-0.2, -0.15) is 0 Å². The van der Waals surface area contributed by atoms with Crippen molar-refractivity contribution in [1.82, 2.24) is 10.3 Å². The molecule has 1 aliphatic rings. The van der Waals surface area contributed by atoms with Crippen molar-refractivity contribution in [2.45, 2.75) is 71.9 Å². The fourth-order valence-corrected chi connectivity index (χ4v) is 6.95. The van der Waals surface area contributed by atoms with Gasteiger partial charge in [0.1, 0.15) is 17.4 Å². The third kappa shape index (κ3) is 9.75. The molecule has 3 aromatic carbocycles. The third-order valence-corrected chi connectivity index (χ3v) is 9.55. The lowest BCUT2D eigenvalue weighted by molar-refractivity contribution is -0.138. The van der Waals surface area contributed by atoms with Crippen molar-refractivity contribution in [2.24, 2.45) is 5.92 Å². The number of carbonyl (C=O) groups excluding carboxylic acids is 2. The summed E-state index contributed by atoms with van der Waals surface area (Å²) in [5.41, 5.74) is 5.49. The number of amides is 1. The summed E-state index contributed by atoms with van der Waals surface area (Å²) in [6.45, 7) is 6.35. The van der Waals surface area contributed by atoms with Crippen molar-refractivity contribution in [3.8, 4) is 16.2 Å². The number of rotatable bonds is 13. The maximum atomic E-state index is 13.6. The number of hydrogen-bond donors (Lipinski definition) is 1. The summed E-state index contributed by atoms with van der Waals surface area (Å²) in [5, 5.41) is 4.25. The van der Waals surface area contributed by atoms with Crippen LogP contribution in [-0.2, 0) is 27.4 Å². The van der Waals surface area contributed by atoms with E-state index in [9.17, 15) is 9.59 Å². The Bertz CT molecular complexity index is 1670. The van der Waals surface area contributed by atoms with Crippen LogP contribution in [0.3, 0.4) is 0 Å². The van der Waals surface area contributed by atoms with Gasteiger partial charge in [0.05, 0.1) is 23.2 Å². The monoisotopic (exact) mass is 648 g/mol. The highest BCUT2D eigenvalue weighted by Gasteiger charge is 2.27. The van der Waals surface area contributed by atoms with E-state index in [2.05, 4.69) is 41.7 Å². The molecule has 1 N–H and O–H groups in total. The molecular weight excluding hydrogens is 605 g/mol. The molecule has 0 spiro atoms. The second kappa shape index (κ2) is 16.9. The number of nitrogens with one attached hydrogen (secondary N) is 1. The van der Waals surface area contributed by atoms with E-state index in [0.29, 0.717) is 25.2 Å². The largest absolute Gasteiger partial charge is 0.489 e. The summed E-state index contributed by atoms with van der Waals surface area (Å²) in [4.78, 5) is 32.0. The van der Waals surface area contributed by atoms with Gasteiger partial charge in [-0.1, -0.05) is 92.1 Å². The first kappa shape index (κ1) is 33.9. The highest BCUT2D eigenvalue weighted by Crippen LogP contribution is 2.36. The summed E-state index contributed by atoms with van der Waals surface area (Å²) in [5.74, 6) is 0.612. The van der Waals surface area contributed by atoms with Gasteiger partial charge in [-0.3, -0.25) is 4.79 Å². The van der Waals surface area contributed by atoms with Crippen molar-refractivity contribution < 1.29 is 19.1 Å². The van der Waals surface area contributed by atoms with Crippen LogP contribution in [0.25, 0.3) is 16.5 Å². The van der Waals surface area contributed by atoms with Crippen LogP contribution in [0.2, 0.25) is 0 Å². The van der Waals surface area contributed by atoms with Crippen LogP contribution in [0.5, 0.6) is 5.75 Å². The van der Waals surface area contributed by atoms with E-state index in [0.717, 1.165) is 69.3 Å². The molecule has 0 bridgehead atoms. The number of hydrogen-bond acceptors (Lipinski definition) is 6. The fourth-order valence-electron chi connectivity index (χ4n) is 5.85. The summed E-state index contributed by atoms with van der Waals surface area (Å²) in [7, 11) is 0. The average Bonchev–Trinajstić information content (AvgIpc) is 3.52. The number of ether oxygens (including phenoxy) is 2. The van der Waals surface area contributed by atoms with E-state index >= 15 is 0 Å². The van der Waals surface area contributed by atoms with E-state index < -0.39 is 0 Å². The Morgan fingerprint density at radius 2 is 1.60 bits per heavy atom. The topological polar surface area (TPSA) is 77.5 Å². The summed E-state index contributed by atoms with van der Waals surface area (Å²) >= 11 is 1.61. The van der Waals surface area contributed by atoms with Gasteiger partial charge in [0, 0.05) is 11.5 Å². The SMILES string of the molecule is CCOC(=O)/C(C)=C\C(C)=C\c1nc([C@H](Cc2ccc(OCc3ccccc3)cc2)NC(=O)C2CCCCC2)sc1-c1ccccc1. The van der Waals surface area contributed by atoms with E-state index in [1.807, 2.05) is 67.6 Å². The predicted octanol–water partition coefficient (Wildman–Crippen LogP) is 9.28. The van der Waals surface area contributed by atoms with Crippen LogP contribution in [0.15, 0.2) is 102 Å². The van der Waals surface area contributed by atoms with Crippen LogP contribution in [0.4, 0.5) is 0 Å². The molecule has 0 saturated heterocycles. The van der Waals surface area contributed by atoms with E-state index in [1.165, 1.54) is 6.42 Å². The standard InChI is InChI=1S/C40H44N2O4S/c1-4-45-40(44)29(3)24-28(2)25-35-37(32-16-10-6-11-17-32)47-39(42-35)36(41-38(43)33-18-12-7-13-19-33)26-30-20-22-34(23-21-30)46-27-31-14-8-5-9-15-31/h5-6,8-11,14-17,20-25,33,36H,4,7,12-13,18-19,26-27H2,1-3H3,(H,41,43)/b28-25+,29-24-/t36-/m0/s1. The molecule has 1 amide bonds. The van der Waals surface area contributed by atoms with E-state index in [-0.39, 0.29) is 23.8 Å². The molecule has 1 saturated carbocycles. The maximum Gasteiger partial charge on any atom is 0.333 e.